The van der Waals surface area contributed by atoms with E-state index in [1.807, 2.05) is 18.7 Å². The van der Waals surface area contributed by atoms with Crippen LogP contribution in [0.3, 0.4) is 0 Å². The van der Waals surface area contributed by atoms with E-state index in [0.717, 1.165) is 0 Å². The Hall–Kier alpha value is -3.11. The molecule has 2 aromatic heterocycles. The molecule has 2 heterocycles. The maximum Gasteiger partial charge on any atom is 0.332 e. The number of hydrogen-bond acceptors (Lipinski definition) is 7. The van der Waals surface area contributed by atoms with Gasteiger partial charge in [0.25, 0.3) is 5.56 Å². The van der Waals surface area contributed by atoms with Gasteiger partial charge in [-0.05, 0) is 32.5 Å². The fourth-order valence-corrected chi connectivity index (χ4v) is 3.72. The van der Waals surface area contributed by atoms with E-state index in [1.165, 1.54) is 15.2 Å². The Kier molecular flexibility index (Phi) is 7.70. The molecule has 0 fully saturated rings. The smallest absolute Gasteiger partial charge is 0.332 e. The maximum absolute atomic E-state index is 12.9. The minimum atomic E-state index is -0.753. The zero-order valence-corrected chi connectivity index (χ0v) is 18.8. The molecule has 0 radical (unpaired) electrons. The highest BCUT2D eigenvalue weighted by Crippen LogP contribution is 2.24. The topological polar surface area (TPSA) is 115 Å². The molecule has 0 aliphatic rings. The normalized spacial score (nSPS) is 12.5. The van der Waals surface area contributed by atoms with Gasteiger partial charge in [-0.15, -0.1) is 0 Å². The maximum atomic E-state index is 12.9. The second kappa shape index (κ2) is 10.5. The first kappa shape index (κ1) is 23.6. The van der Waals surface area contributed by atoms with Crippen LogP contribution in [0.25, 0.3) is 11.2 Å². The van der Waals surface area contributed by atoms with Gasteiger partial charge in [0.05, 0.1) is 6.33 Å². The van der Waals surface area contributed by atoms with E-state index >= 15 is 0 Å². The second-order valence-electron chi connectivity index (χ2n) is 7.51. The molecule has 0 saturated carbocycles. The summed E-state index contributed by atoms with van der Waals surface area (Å²) in [7, 11) is 0. The third-order valence-corrected chi connectivity index (χ3v) is 5.49. The number of phenols is 1. The third-order valence-electron chi connectivity index (χ3n) is 5.49. The van der Waals surface area contributed by atoms with E-state index in [0.29, 0.717) is 56.2 Å². The minimum Gasteiger partial charge on any atom is -0.504 e. The molecule has 1 atom stereocenters. The molecular formula is C22H31N5O5. The molecule has 0 saturated heterocycles. The fourth-order valence-electron chi connectivity index (χ4n) is 3.72. The molecule has 0 aliphatic carbocycles. The number of aromatic hydroxyl groups is 1. The summed E-state index contributed by atoms with van der Waals surface area (Å²) >= 11 is 0. The number of ether oxygens (including phenoxy) is 1. The van der Waals surface area contributed by atoms with Crippen LogP contribution in [0, 0.1) is 0 Å². The van der Waals surface area contributed by atoms with Crippen molar-refractivity contribution in [2.75, 3.05) is 26.2 Å². The number of benzene rings is 1. The monoisotopic (exact) mass is 445 g/mol. The lowest BCUT2D eigenvalue weighted by Crippen LogP contribution is -2.40. The van der Waals surface area contributed by atoms with Crippen molar-refractivity contribution in [1.82, 2.24) is 23.6 Å². The average Bonchev–Trinajstić information content (AvgIpc) is 3.20. The van der Waals surface area contributed by atoms with Crippen LogP contribution < -0.4 is 16.0 Å². The molecule has 10 heteroatoms. The summed E-state index contributed by atoms with van der Waals surface area (Å²) in [5, 5.41) is 20.2. The number of aliphatic hydroxyl groups is 1. The Balaban J connectivity index is 1.69. The van der Waals surface area contributed by atoms with Crippen molar-refractivity contribution in [2.24, 2.45) is 0 Å². The van der Waals surface area contributed by atoms with E-state index in [4.69, 9.17) is 4.74 Å². The van der Waals surface area contributed by atoms with Gasteiger partial charge in [-0.3, -0.25) is 18.8 Å². The quantitative estimate of drug-likeness (QED) is 0.450. The van der Waals surface area contributed by atoms with Crippen molar-refractivity contribution in [3.8, 4) is 11.5 Å². The van der Waals surface area contributed by atoms with E-state index < -0.39 is 6.10 Å². The van der Waals surface area contributed by atoms with Gasteiger partial charge in [-0.2, -0.15) is 0 Å². The molecule has 0 spiro atoms. The highest BCUT2D eigenvalue weighted by Gasteiger charge is 2.18. The molecule has 0 aliphatic heterocycles. The van der Waals surface area contributed by atoms with E-state index in [-0.39, 0.29) is 23.6 Å². The number of aromatic nitrogens is 4. The summed E-state index contributed by atoms with van der Waals surface area (Å²) in [5.74, 6) is 0.357. The molecule has 1 aromatic carbocycles. The van der Waals surface area contributed by atoms with Crippen LogP contribution in [-0.4, -0.2) is 66.1 Å². The summed E-state index contributed by atoms with van der Waals surface area (Å²) in [6.45, 7) is 8.50. The Labute approximate surface area is 185 Å². The summed E-state index contributed by atoms with van der Waals surface area (Å²) in [4.78, 5) is 31.7. The SMILES string of the molecule is CCN(CCn1cnc2c1c(=O)n(CC)c(=O)n2CC)CC(O)COc1ccccc1O. The Morgan fingerprint density at radius 3 is 2.50 bits per heavy atom. The van der Waals surface area contributed by atoms with Gasteiger partial charge in [0.1, 0.15) is 12.7 Å². The summed E-state index contributed by atoms with van der Waals surface area (Å²) in [6.07, 6.45) is 0.833. The highest BCUT2D eigenvalue weighted by atomic mass is 16.5. The lowest BCUT2D eigenvalue weighted by atomic mass is 10.3. The zero-order chi connectivity index (χ0) is 23.3. The fraction of sp³-hybridized carbons (Fsp3) is 0.500. The van der Waals surface area contributed by atoms with Crippen LogP contribution in [0.2, 0.25) is 0 Å². The van der Waals surface area contributed by atoms with Crippen molar-refractivity contribution in [2.45, 2.75) is 46.5 Å². The van der Waals surface area contributed by atoms with Gasteiger partial charge < -0.3 is 19.5 Å². The largest absolute Gasteiger partial charge is 0.504 e. The Bertz CT molecular complexity index is 1170. The van der Waals surface area contributed by atoms with E-state index in [2.05, 4.69) is 4.98 Å². The number of aliphatic hydroxyl groups excluding tert-OH is 1. The van der Waals surface area contributed by atoms with Crippen LogP contribution in [0.1, 0.15) is 20.8 Å². The molecule has 0 amide bonds. The first-order valence-electron chi connectivity index (χ1n) is 10.9. The Morgan fingerprint density at radius 1 is 1.12 bits per heavy atom. The molecular weight excluding hydrogens is 414 g/mol. The van der Waals surface area contributed by atoms with Crippen molar-refractivity contribution in [3.05, 3.63) is 51.4 Å². The summed E-state index contributed by atoms with van der Waals surface area (Å²) in [5.41, 5.74) is 0.119. The lowest BCUT2D eigenvalue weighted by molar-refractivity contribution is 0.0679. The third kappa shape index (κ3) is 4.86. The predicted molar refractivity (Wildman–Crippen MR) is 121 cm³/mol. The van der Waals surface area contributed by atoms with Crippen molar-refractivity contribution in [1.29, 1.82) is 0 Å². The lowest BCUT2D eigenvalue weighted by Gasteiger charge is -2.24. The molecule has 174 valence electrons. The first-order chi connectivity index (χ1) is 15.4. The van der Waals surface area contributed by atoms with Crippen molar-refractivity contribution >= 4 is 11.2 Å². The van der Waals surface area contributed by atoms with Gasteiger partial charge >= 0.3 is 5.69 Å². The molecule has 3 rings (SSSR count). The first-order valence-corrected chi connectivity index (χ1v) is 10.9. The van der Waals surface area contributed by atoms with Gasteiger partial charge in [-0.25, -0.2) is 9.78 Å². The molecule has 1 unspecified atom stereocenters. The summed E-state index contributed by atoms with van der Waals surface area (Å²) in [6, 6.07) is 6.62. The number of rotatable bonds is 11. The van der Waals surface area contributed by atoms with Gasteiger partial charge in [0, 0.05) is 32.7 Å². The van der Waals surface area contributed by atoms with Gasteiger partial charge in [-0.1, -0.05) is 19.1 Å². The summed E-state index contributed by atoms with van der Waals surface area (Å²) < 4.78 is 10.0. The minimum absolute atomic E-state index is 0.0299. The number of likely N-dealkylation sites (N-methyl/N-ethyl adjacent to an activating group) is 1. The molecule has 10 nitrogen and oxygen atoms in total. The highest BCUT2D eigenvalue weighted by molar-refractivity contribution is 5.70. The van der Waals surface area contributed by atoms with E-state index in [1.54, 1.807) is 36.0 Å². The number of aryl methyl sites for hydroxylation is 1. The standard InChI is InChI=1S/C22H31N5O5/c1-4-24(13-16(28)14-32-18-10-8-7-9-17(18)29)11-12-25-15-23-20-19(25)21(30)27(6-3)22(31)26(20)5-2/h7-10,15-16,28-29H,4-6,11-14H2,1-3H3. The predicted octanol–water partition coefficient (Wildman–Crippen LogP) is 0.867. The van der Waals surface area contributed by atoms with Gasteiger partial charge in [0.15, 0.2) is 22.7 Å². The number of para-hydroxylation sites is 2. The molecule has 0 bridgehead atoms. The molecule has 3 aromatic rings. The molecule has 2 N–H and O–H groups in total. The second-order valence-corrected chi connectivity index (χ2v) is 7.51. The van der Waals surface area contributed by atoms with Crippen LogP contribution in [-0.2, 0) is 19.6 Å². The van der Waals surface area contributed by atoms with Crippen molar-refractivity contribution in [3.63, 3.8) is 0 Å². The zero-order valence-electron chi connectivity index (χ0n) is 18.8. The van der Waals surface area contributed by atoms with Crippen LogP contribution >= 0.6 is 0 Å². The number of hydrogen-bond donors (Lipinski definition) is 2. The Morgan fingerprint density at radius 2 is 1.84 bits per heavy atom. The van der Waals surface area contributed by atoms with Crippen LogP contribution in [0.15, 0.2) is 40.2 Å². The average molecular weight is 446 g/mol. The van der Waals surface area contributed by atoms with Crippen LogP contribution in [0.5, 0.6) is 11.5 Å². The number of imidazole rings is 1. The van der Waals surface area contributed by atoms with Gasteiger partial charge in [0.2, 0.25) is 0 Å². The number of fused-ring (bicyclic) bond motifs is 1. The van der Waals surface area contributed by atoms with Crippen molar-refractivity contribution < 1.29 is 14.9 Å². The number of nitrogens with zero attached hydrogens (tertiary/aromatic N) is 5. The van der Waals surface area contributed by atoms with Crippen LogP contribution in [0.4, 0.5) is 0 Å². The van der Waals surface area contributed by atoms with E-state index in [9.17, 15) is 19.8 Å². The molecule has 32 heavy (non-hydrogen) atoms. The number of phenolic OH excluding ortho intramolecular Hbond substituents is 1.